The topological polar surface area (TPSA) is 63.6 Å². The maximum atomic E-state index is 10.7. The van der Waals surface area contributed by atoms with Crippen molar-refractivity contribution in [1.29, 1.82) is 0 Å². The van der Waals surface area contributed by atoms with Gasteiger partial charge in [-0.05, 0) is 26.2 Å². The SMILES string of the molecule is CC(=O)OC(C)CCCCCCC#CCC(=O)O. The summed E-state index contributed by atoms with van der Waals surface area (Å²) in [6.07, 6.45) is 5.78. The molecule has 0 aliphatic heterocycles. The first-order valence-electron chi connectivity index (χ1n) is 6.37. The molecule has 4 nitrogen and oxygen atoms in total. The Hall–Kier alpha value is -1.50. The van der Waals surface area contributed by atoms with E-state index in [1.54, 1.807) is 0 Å². The molecule has 0 bridgehead atoms. The Morgan fingerprint density at radius 2 is 1.83 bits per heavy atom. The Labute approximate surface area is 109 Å². The number of carboxylic acid groups (broad SMARTS) is 1. The molecule has 0 saturated heterocycles. The van der Waals surface area contributed by atoms with Crippen molar-refractivity contribution >= 4 is 11.9 Å². The minimum Gasteiger partial charge on any atom is -0.481 e. The number of carbonyl (C=O) groups is 2. The minimum atomic E-state index is -0.873. The van der Waals surface area contributed by atoms with Gasteiger partial charge in [0.15, 0.2) is 0 Å². The van der Waals surface area contributed by atoms with Gasteiger partial charge < -0.3 is 9.84 Å². The van der Waals surface area contributed by atoms with Crippen LogP contribution < -0.4 is 0 Å². The Bertz CT molecular complexity index is 311. The highest BCUT2D eigenvalue weighted by Gasteiger charge is 2.04. The van der Waals surface area contributed by atoms with Crippen LogP contribution in [0.4, 0.5) is 0 Å². The van der Waals surface area contributed by atoms with Crippen LogP contribution in [0.2, 0.25) is 0 Å². The monoisotopic (exact) mass is 254 g/mol. The molecule has 4 heteroatoms. The van der Waals surface area contributed by atoms with Gasteiger partial charge in [-0.25, -0.2) is 0 Å². The molecule has 1 N–H and O–H groups in total. The highest BCUT2D eigenvalue weighted by Crippen LogP contribution is 2.09. The van der Waals surface area contributed by atoms with Crippen molar-refractivity contribution in [1.82, 2.24) is 0 Å². The first-order valence-corrected chi connectivity index (χ1v) is 6.37. The van der Waals surface area contributed by atoms with Crippen molar-refractivity contribution in [3.05, 3.63) is 0 Å². The van der Waals surface area contributed by atoms with Crippen molar-refractivity contribution in [3.63, 3.8) is 0 Å². The Morgan fingerprint density at radius 3 is 2.44 bits per heavy atom. The van der Waals surface area contributed by atoms with Crippen LogP contribution in [0.5, 0.6) is 0 Å². The Kier molecular flexibility index (Phi) is 9.75. The summed E-state index contributed by atoms with van der Waals surface area (Å²) in [5, 5.41) is 8.36. The number of carboxylic acids is 1. The third-order valence-electron chi connectivity index (χ3n) is 2.39. The molecule has 1 unspecified atom stereocenters. The van der Waals surface area contributed by atoms with E-state index in [2.05, 4.69) is 11.8 Å². The molecule has 0 aromatic heterocycles. The summed E-state index contributed by atoms with van der Waals surface area (Å²) in [7, 11) is 0. The summed E-state index contributed by atoms with van der Waals surface area (Å²) in [5.41, 5.74) is 0. The first-order chi connectivity index (χ1) is 8.52. The average molecular weight is 254 g/mol. The number of hydrogen-bond acceptors (Lipinski definition) is 3. The summed E-state index contributed by atoms with van der Waals surface area (Å²) < 4.78 is 5.02. The predicted molar refractivity (Wildman–Crippen MR) is 69.0 cm³/mol. The second kappa shape index (κ2) is 10.6. The maximum Gasteiger partial charge on any atom is 0.315 e. The molecule has 0 saturated carbocycles. The average Bonchev–Trinajstić information content (AvgIpc) is 2.25. The lowest BCUT2D eigenvalue weighted by molar-refractivity contribution is -0.145. The van der Waals surface area contributed by atoms with Crippen LogP contribution in [0.15, 0.2) is 0 Å². The molecule has 0 aromatic rings. The molecule has 0 amide bonds. The predicted octanol–water partition coefficient (Wildman–Crippen LogP) is 2.76. The summed E-state index contributed by atoms with van der Waals surface area (Å²) in [6, 6.07) is 0. The molecule has 0 aromatic carbocycles. The van der Waals surface area contributed by atoms with E-state index in [-0.39, 0.29) is 18.5 Å². The zero-order chi connectivity index (χ0) is 13.8. The first kappa shape index (κ1) is 16.5. The van der Waals surface area contributed by atoms with Crippen molar-refractivity contribution < 1.29 is 19.4 Å². The molecule has 1 atom stereocenters. The number of hydrogen-bond donors (Lipinski definition) is 1. The molecule has 102 valence electrons. The van der Waals surface area contributed by atoms with E-state index in [0.29, 0.717) is 0 Å². The fourth-order valence-electron chi connectivity index (χ4n) is 1.57. The van der Waals surface area contributed by atoms with Crippen molar-refractivity contribution in [2.75, 3.05) is 0 Å². The second-order valence-electron chi connectivity index (χ2n) is 4.30. The molecule has 0 spiro atoms. The van der Waals surface area contributed by atoms with Crippen molar-refractivity contribution in [2.45, 2.75) is 64.9 Å². The Balaban J connectivity index is 3.32. The number of aliphatic carboxylic acids is 1. The lowest BCUT2D eigenvalue weighted by atomic mass is 10.1. The van der Waals surface area contributed by atoms with Gasteiger partial charge in [-0.1, -0.05) is 18.8 Å². The molecule has 0 rings (SSSR count). The van der Waals surface area contributed by atoms with Crippen LogP contribution in [-0.4, -0.2) is 23.1 Å². The van der Waals surface area contributed by atoms with Crippen LogP contribution in [0.25, 0.3) is 0 Å². The quantitative estimate of drug-likeness (QED) is 0.411. The second-order valence-corrected chi connectivity index (χ2v) is 4.30. The van der Waals surface area contributed by atoms with Gasteiger partial charge in [0.25, 0.3) is 0 Å². The number of carbonyl (C=O) groups excluding carboxylic acids is 1. The number of unbranched alkanes of at least 4 members (excludes halogenated alkanes) is 4. The zero-order valence-corrected chi connectivity index (χ0v) is 11.2. The summed E-state index contributed by atoms with van der Waals surface area (Å²) in [4.78, 5) is 20.8. The van der Waals surface area contributed by atoms with Crippen LogP contribution >= 0.6 is 0 Å². The van der Waals surface area contributed by atoms with Gasteiger partial charge in [0.1, 0.15) is 6.42 Å². The van der Waals surface area contributed by atoms with Crippen LogP contribution in [0.1, 0.15) is 58.8 Å². The van der Waals surface area contributed by atoms with Crippen LogP contribution in [-0.2, 0) is 14.3 Å². The summed E-state index contributed by atoms with van der Waals surface area (Å²) in [6.45, 7) is 3.32. The normalized spacial score (nSPS) is 11.2. The highest BCUT2D eigenvalue weighted by atomic mass is 16.5. The molecule has 0 fully saturated rings. The van der Waals surface area contributed by atoms with Crippen molar-refractivity contribution in [2.24, 2.45) is 0 Å². The molecule has 18 heavy (non-hydrogen) atoms. The lowest BCUT2D eigenvalue weighted by Crippen LogP contribution is -2.11. The fourth-order valence-corrected chi connectivity index (χ4v) is 1.57. The molecular formula is C14H22O4. The van der Waals surface area contributed by atoms with E-state index in [1.807, 2.05) is 6.92 Å². The van der Waals surface area contributed by atoms with Crippen LogP contribution in [0, 0.1) is 11.8 Å². The molecular weight excluding hydrogens is 232 g/mol. The highest BCUT2D eigenvalue weighted by molar-refractivity contribution is 5.69. The maximum absolute atomic E-state index is 10.7. The zero-order valence-electron chi connectivity index (χ0n) is 11.2. The van der Waals surface area contributed by atoms with Gasteiger partial charge in [0.05, 0.1) is 6.10 Å². The van der Waals surface area contributed by atoms with Gasteiger partial charge in [0, 0.05) is 13.3 Å². The van der Waals surface area contributed by atoms with E-state index in [9.17, 15) is 9.59 Å². The smallest absolute Gasteiger partial charge is 0.315 e. The molecule has 0 aliphatic rings. The molecule has 0 radical (unpaired) electrons. The molecule has 0 aliphatic carbocycles. The van der Waals surface area contributed by atoms with Gasteiger partial charge in [-0.15, -0.1) is 5.92 Å². The minimum absolute atomic E-state index is 0.00198. The van der Waals surface area contributed by atoms with Gasteiger partial charge in [0.2, 0.25) is 0 Å². The van der Waals surface area contributed by atoms with Gasteiger partial charge in [-0.2, -0.15) is 0 Å². The van der Waals surface area contributed by atoms with E-state index in [4.69, 9.17) is 9.84 Å². The van der Waals surface area contributed by atoms with Crippen LogP contribution in [0.3, 0.4) is 0 Å². The van der Waals surface area contributed by atoms with E-state index < -0.39 is 5.97 Å². The van der Waals surface area contributed by atoms with Crippen molar-refractivity contribution in [3.8, 4) is 11.8 Å². The standard InChI is InChI=1S/C14H22O4/c1-12(18-13(2)15)10-8-6-4-3-5-7-9-11-14(16)17/h12H,3-6,8,10-11H2,1-2H3,(H,16,17). The largest absolute Gasteiger partial charge is 0.481 e. The number of ether oxygens (including phenoxy) is 1. The third kappa shape index (κ3) is 12.6. The van der Waals surface area contributed by atoms with E-state index in [0.717, 1.165) is 38.5 Å². The molecule has 0 heterocycles. The number of rotatable bonds is 8. The number of esters is 1. The van der Waals surface area contributed by atoms with Gasteiger partial charge >= 0.3 is 11.9 Å². The van der Waals surface area contributed by atoms with E-state index in [1.165, 1.54) is 6.92 Å². The fraction of sp³-hybridized carbons (Fsp3) is 0.714. The Morgan fingerprint density at radius 1 is 1.17 bits per heavy atom. The van der Waals surface area contributed by atoms with Gasteiger partial charge in [-0.3, -0.25) is 9.59 Å². The summed E-state index contributed by atoms with van der Waals surface area (Å²) >= 11 is 0. The summed E-state index contributed by atoms with van der Waals surface area (Å²) in [5.74, 6) is 4.35. The lowest BCUT2D eigenvalue weighted by Gasteiger charge is -2.10. The van der Waals surface area contributed by atoms with E-state index >= 15 is 0 Å². The third-order valence-corrected chi connectivity index (χ3v) is 2.39.